The molecular formula is C20H23ClN4O. The van der Waals surface area contributed by atoms with E-state index in [9.17, 15) is 4.79 Å². The molecule has 136 valence electrons. The van der Waals surface area contributed by atoms with Crippen molar-refractivity contribution >= 4 is 28.5 Å². The fourth-order valence-electron chi connectivity index (χ4n) is 3.88. The van der Waals surface area contributed by atoms with E-state index in [0.29, 0.717) is 23.4 Å². The van der Waals surface area contributed by atoms with E-state index in [2.05, 4.69) is 15.6 Å². The Morgan fingerprint density at radius 2 is 2.04 bits per heavy atom. The van der Waals surface area contributed by atoms with Crippen LogP contribution in [0, 0.1) is 0 Å². The fourth-order valence-corrected chi connectivity index (χ4v) is 4.06. The number of hydrogen-bond acceptors (Lipinski definition) is 2. The molecule has 0 N–H and O–H groups in total. The highest BCUT2D eigenvalue weighted by molar-refractivity contribution is 6.29. The highest BCUT2D eigenvalue weighted by Crippen LogP contribution is 2.28. The summed E-state index contributed by atoms with van der Waals surface area (Å²) in [5, 5.41) is 0.432. The Hall–Kier alpha value is -2.27. The van der Waals surface area contributed by atoms with Crippen LogP contribution in [-0.4, -0.2) is 31.0 Å². The smallest absolute Gasteiger partial charge is 0.254 e. The minimum Gasteiger partial charge on any atom is -0.353 e. The first-order valence-electron chi connectivity index (χ1n) is 9.08. The Morgan fingerprint density at radius 1 is 1.27 bits per heavy atom. The van der Waals surface area contributed by atoms with Crippen molar-refractivity contribution in [3.05, 3.63) is 53.1 Å². The molecule has 1 aliphatic carbocycles. The lowest BCUT2D eigenvalue weighted by Gasteiger charge is -2.29. The summed E-state index contributed by atoms with van der Waals surface area (Å²) in [5.74, 6) is 0.0809. The normalized spacial score (nSPS) is 15.0. The van der Waals surface area contributed by atoms with Crippen LogP contribution in [0.2, 0.25) is 5.28 Å². The number of imidazole rings is 1. The Balaban J connectivity index is 1.69. The maximum absolute atomic E-state index is 13.4. The molecule has 4 rings (SSSR count). The van der Waals surface area contributed by atoms with Gasteiger partial charge < -0.3 is 14.0 Å². The van der Waals surface area contributed by atoms with Crippen molar-refractivity contribution in [1.29, 1.82) is 0 Å². The van der Waals surface area contributed by atoms with Gasteiger partial charge in [-0.25, -0.2) is 4.98 Å². The van der Waals surface area contributed by atoms with Gasteiger partial charge in [0, 0.05) is 37.6 Å². The number of fused-ring (bicyclic) bond motifs is 1. The summed E-state index contributed by atoms with van der Waals surface area (Å²) in [4.78, 5) is 19.7. The van der Waals surface area contributed by atoms with Crippen molar-refractivity contribution in [3.63, 3.8) is 0 Å². The van der Waals surface area contributed by atoms with Crippen molar-refractivity contribution < 1.29 is 4.79 Å². The summed E-state index contributed by atoms with van der Waals surface area (Å²) in [6.07, 6.45) is 6.57. The van der Waals surface area contributed by atoms with Crippen LogP contribution in [0.5, 0.6) is 0 Å². The molecule has 2 aromatic heterocycles. The lowest BCUT2D eigenvalue weighted by atomic mass is 10.1. The second kappa shape index (κ2) is 6.80. The summed E-state index contributed by atoms with van der Waals surface area (Å²) in [5.41, 5.74) is 3.53. The van der Waals surface area contributed by atoms with Gasteiger partial charge in [-0.3, -0.25) is 4.79 Å². The molecule has 1 fully saturated rings. The molecule has 0 unspecified atom stereocenters. The van der Waals surface area contributed by atoms with Crippen LogP contribution < -0.4 is 0 Å². The van der Waals surface area contributed by atoms with Crippen molar-refractivity contribution in [3.8, 4) is 0 Å². The van der Waals surface area contributed by atoms with Crippen molar-refractivity contribution in [2.24, 2.45) is 14.1 Å². The minimum atomic E-state index is 0.0809. The molecule has 0 spiro atoms. The average Bonchev–Trinajstić information content (AvgIpc) is 3.35. The van der Waals surface area contributed by atoms with Crippen molar-refractivity contribution in [2.45, 2.75) is 38.3 Å². The molecule has 0 bridgehead atoms. The first-order chi connectivity index (χ1) is 12.5. The highest BCUT2D eigenvalue weighted by Gasteiger charge is 2.28. The van der Waals surface area contributed by atoms with Gasteiger partial charge in [0.25, 0.3) is 5.91 Å². The molecule has 1 aliphatic rings. The predicted octanol–water partition coefficient (Wildman–Crippen LogP) is 4.15. The van der Waals surface area contributed by atoms with E-state index in [1.165, 1.54) is 12.8 Å². The zero-order valence-corrected chi connectivity index (χ0v) is 15.9. The molecule has 26 heavy (non-hydrogen) atoms. The van der Waals surface area contributed by atoms with Gasteiger partial charge in [0.15, 0.2) is 0 Å². The zero-order valence-electron chi connectivity index (χ0n) is 15.2. The first-order valence-corrected chi connectivity index (χ1v) is 9.45. The maximum atomic E-state index is 13.4. The molecule has 0 atom stereocenters. The Kier molecular flexibility index (Phi) is 4.49. The highest BCUT2D eigenvalue weighted by atomic mass is 35.5. The number of benzene rings is 1. The van der Waals surface area contributed by atoms with Gasteiger partial charge in [0.2, 0.25) is 5.28 Å². The molecule has 1 saturated carbocycles. The van der Waals surface area contributed by atoms with Gasteiger partial charge in [-0.15, -0.1) is 0 Å². The average molecular weight is 371 g/mol. The van der Waals surface area contributed by atoms with Gasteiger partial charge in [0.05, 0.1) is 17.6 Å². The molecule has 2 heterocycles. The lowest BCUT2D eigenvalue weighted by molar-refractivity contribution is 0.0660. The van der Waals surface area contributed by atoms with Gasteiger partial charge in [-0.2, -0.15) is 0 Å². The molecule has 0 radical (unpaired) electrons. The van der Waals surface area contributed by atoms with Crippen LogP contribution in [0.3, 0.4) is 0 Å². The van der Waals surface area contributed by atoms with Crippen LogP contribution in [0.25, 0.3) is 11.0 Å². The van der Waals surface area contributed by atoms with Crippen molar-refractivity contribution in [1.82, 2.24) is 19.0 Å². The van der Waals surface area contributed by atoms with E-state index in [4.69, 9.17) is 11.6 Å². The topological polar surface area (TPSA) is 43.1 Å². The van der Waals surface area contributed by atoms with E-state index in [0.717, 1.165) is 29.6 Å². The van der Waals surface area contributed by atoms with E-state index in [1.807, 2.05) is 54.0 Å². The number of carbonyl (C=O) groups is 1. The summed E-state index contributed by atoms with van der Waals surface area (Å²) in [7, 11) is 3.89. The third-order valence-electron chi connectivity index (χ3n) is 5.48. The monoisotopic (exact) mass is 370 g/mol. The largest absolute Gasteiger partial charge is 0.353 e. The molecule has 5 nitrogen and oxygen atoms in total. The first kappa shape index (κ1) is 17.2. The van der Waals surface area contributed by atoms with Gasteiger partial charge in [0.1, 0.15) is 0 Å². The second-order valence-electron chi connectivity index (χ2n) is 7.13. The lowest BCUT2D eigenvalue weighted by Crippen LogP contribution is -2.38. The summed E-state index contributed by atoms with van der Waals surface area (Å²) < 4.78 is 3.89. The number of nitrogens with zero attached hydrogens (tertiary/aromatic N) is 4. The zero-order chi connectivity index (χ0) is 18.3. The molecule has 1 amide bonds. The van der Waals surface area contributed by atoms with E-state index in [1.54, 1.807) is 0 Å². The van der Waals surface area contributed by atoms with Crippen LogP contribution in [0.1, 0.15) is 41.7 Å². The van der Waals surface area contributed by atoms with Crippen LogP contribution in [0.4, 0.5) is 0 Å². The standard InChI is InChI=1S/C20H23ClN4O/c1-23-11-5-8-16(23)13-25(15-6-3-4-7-15)19(26)14-9-10-17-18(12-14)24(2)20(21)22-17/h5,8-12,15H,3-4,6-7,13H2,1-2H3. The number of amides is 1. The third-order valence-corrected chi connectivity index (χ3v) is 5.82. The SMILES string of the molecule is Cn1cccc1CN(C(=O)c1ccc2nc(Cl)n(C)c2c1)C1CCCC1. The number of aryl methyl sites for hydroxylation is 2. The van der Waals surface area contributed by atoms with Crippen molar-refractivity contribution in [2.75, 3.05) is 0 Å². The maximum Gasteiger partial charge on any atom is 0.254 e. The second-order valence-corrected chi connectivity index (χ2v) is 7.46. The molecule has 0 saturated heterocycles. The van der Waals surface area contributed by atoms with Gasteiger partial charge in [-0.05, 0) is 54.8 Å². The summed E-state index contributed by atoms with van der Waals surface area (Å²) in [6, 6.07) is 10.1. The van der Waals surface area contributed by atoms with Gasteiger partial charge >= 0.3 is 0 Å². The quantitative estimate of drug-likeness (QED) is 0.692. The Morgan fingerprint density at radius 3 is 2.73 bits per heavy atom. The van der Waals surface area contributed by atoms with E-state index >= 15 is 0 Å². The Bertz CT molecular complexity index is 952. The predicted molar refractivity (Wildman–Crippen MR) is 103 cm³/mol. The van der Waals surface area contributed by atoms with E-state index < -0.39 is 0 Å². The molecule has 6 heteroatoms. The summed E-state index contributed by atoms with van der Waals surface area (Å²) in [6.45, 7) is 0.636. The Labute approximate surface area is 158 Å². The number of hydrogen-bond donors (Lipinski definition) is 0. The fraction of sp³-hybridized carbons (Fsp3) is 0.400. The van der Waals surface area contributed by atoms with Crippen LogP contribution >= 0.6 is 11.6 Å². The minimum absolute atomic E-state index is 0.0809. The van der Waals surface area contributed by atoms with Gasteiger partial charge in [-0.1, -0.05) is 12.8 Å². The summed E-state index contributed by atoms with van der Waals surface area (Å²) >= 11 is 6.12. The molecule has 0 aliphatic heterocycles. The number of rotatable bonds is 4. The number of carbonyl (C=O) groups excluding carboxylic acids is 1. The number of halogens is 1. The molecule has 3 aromatic rings. The van der Waals surface area contributed by atoms with Crippen LogP contribution in [-0.2, 0) is 20.6 Å². The molecular weight excluding hydrogens is 348 g/mol. The van der Waals surface area contributed by atoms with Crippen LogP contribution in [0.15, 0.2) is 36.5 Å². The number of aromatic nitrogens is 3. The third kappa shape index (κ3) is 3.01. The molecule has 1 aromatic carbocycles. The van der Waals surface area contributed by atoms with E-state index in [-0.39, 0.29) is 5.91 Å².